The number of amides is 5. The summed E-state index contributed by atoms with van der Waals surface area (Å²) in [6.45, 7) is 30.2. The third-order valence-corrected chi connectivity index (χ3v) is 29.4. The van der Waals surface area contributed by atoms with Crippen LogP contribution < -0.4 is 31.5 Å². The second-order valence-corrected chi connectivity index (χ2v) is 43.0. The van der Waals surface area contributed by atoms with Crippen molar-refractivity contribution in [1.82, 2.24) is 0 Å². The maximum Gasteiger partial charge on any atom is 0.416 e. The zero-order valence-electron chi connectivity index (χ0n) is 64.9. The zero-order chi connectivity index (χ0) is 82.1. The number of halogens is 9. The van der Waals surface area contributed by atoms with Crippen molar-refractivity contribution in [2.24, 2.45) is 11.8 Å². The van der Waals surface area contributed by atoms with E-state index in [0.29, 0.717) is 45.2 Å². The SMILES string of the molecule is CC(C)(C)OC(=O)Nc1ccc([C@@H]2Nc3ccccc3C[C@@H]2C(=O)Nc2ccc(CO[Si](C)(C)C(C)(C)C)c(C(F)(F)F)c2)cc1.CC(C)(C)OC(=O)Nc1ccc([C@H]2[C@@H](C(=O)Nc3ccc(CO[Si](C)(C)C(C)(C)C)c(C(F)(F)F)c3)Cc3ccccc3N2C(=O)c2ccccc2Cl)cc1.O=C(Cl)c1ccccc1Cl. The van der Waals surface area contributed by atoms with Crippen molar-refractivity contribution in [2.45, 2.75) is 181 Å². The molecule has 10 rings (SSSR count). The normalized spacial score (nSPS) is 16.0. The molecule has 8 aromatic carbocycles. The van der Waals surface area contributed by atoms with Crippen molar-refractivity contribution >= 4 is 121 Å². The molecule has 0 saturated heterocycles. The van der Waals surface area contributed by atoms with E-state index in [-0.39, 0.29) is 62.8 Å². The number of benzene rings is 8. The Morgan fingerprint density at radius 2 is 0.856 bits per heavy atom. The minimum Gasteiger partial charge on any atom is -0.444 e. The van der Waals surface area contributed by atoms with Gasteiger partial charge in [-0.2, -0.15) is 26.3 Å². The molecule has 0 spiro atoms. The summed E-state index contributed by atoms with van der Waals surface area (Å²) in [5.41, 5.74) is 2.76. The van der Waals surface area contributed by atoms with Crippen LogP contribution in [0.2, 0.25) is 46.3 Å². The molecule has 0 unspecified atom stereocenters. The van der Waals surface area contributed by atoms with Gasteiger partial charge in [0.2, 0.25) is 11.8 Å². The second-order valence-electron chi connectivity index (χ2n) is 32.2. The Morgan fingerprint density at radius 1 is 0.468 bits per heavy atom. The van der Waals surface area contributed by atoms with Gasteiger partial charge in [0, 0.05) is 34.1 Å². The number of para-hydroxylation sites is 2. The van der Waals surface area contributed by atoms with E-state index in [2.05, 4.69) is 26.6 Å². The molecule has 27 heteroatoms. The lowest BCUT2D eigenvalue weighted by Gasteiger charge is -2.42. The fourth-order valence-electron chi connectivity index (χ4n) is 11.7. The van der Waals surface area contributed by atoms with E-state index < -0.39 is 110 Å². The monoisotopic (exact) mass is 1620 g/mol. The molecular formula is C84H95Cl3F6N6O10Si2. The summed E-state index contributed by atoms with van der Waals surface area (Å²) in [4.78, 5) is 79.5. The summed E-state index contributed by atoms with van der Waals surface area (Å²) < 4.78 is 109. The first-order valence-corrected chi connectivity index (χ1v) is 42.9. The van der Waals surface area contributed by atoms with E-state index in [1.165, 1.54) is 29.2 Å². The van der Waals surface area contributed by atoms with Crippen molar-refractivity contribution in [1.29, 1.82) is 0 Å². The highest BCUT2D eigenvalue weighted by Crippen LogP contribution is 2.47. The van der Waals surface area contributed by atoms with Gasteiger partial charge >= 0.3 is 24.5 Å². The number of hydrogen-bond acceptors (Lipinski definition) is 11. The Balaban J connectivity index is 0.000000250. The number of nitrogens with zero attached hydrogens (tertiary/aromatic N) is 1. The maximum atomic E-state index is 14.5. The molecule has 592 valence electrons. The van der Waals surface area contributed by atoms with Crippen LogP contribution in [0, 0.1) is 11.8 Å². The van der Waals surface area contributed by atoms with Gasteiger partial charge in [-0.25, -0.2) is 9.59 Å². The molecule has 0 aliphatic carbocycles. The summed E-state index contributed by atoms with van der Waals surface area (Å²) in [6.07, 6.45) is -10.0. The lowest BCUT2D eigenvalue weighted by molar-refractivity contribution is -0.139. The van der Waals surface area contributed by atoms with Crippen molar-refractivity contribution in [2.75, 3.05) is 31.5 Å². The fraction of sp³-hybridized carbons (Fsp3) is 0.357. The van der Waals surface area contributed by atoms with E-state index >= 15 is 0 Å². The van der Waals surface area contributed by atoms with Crippen LogP contribution in [0.4, 0.5) is 70.1 Å². The number of nitrogens with one attached hydrogen (secondary N) is 5. The fourth-order valence-corrected chi connectivity index (χ4v) is 14.3. The lowest BCUT2D eigenvalue weighted by atomic mass is 9.80. The first kappa shape index (κ1) is 87.6. The minimum absolute atomic E-state index is 0.0292. The molecule has 0 radical (unpaired) electrons. The quantitative estimate of drug-likeness (QED) is 0.0350. The van der Waals surface area contributed by atoms with E-state index in [0.717, 1.165) is 28.9 Å². The number of anilines is 6. The molecule has 16 nitrogen and oxygen atoms in total. The van der Waals surface area contributed by atoms with Crippen LogP contribution >= 0.6 is 34.8 Å². The van der Waals surface area contributed by atoms with Crippen molar-refractivity contribution in [3.63, 3.8) is 0 Å². The van der Waals surface area contributed by atoms with Crippen LogP contribution in [0.3, 0.4) is 0 Å². The molecule has 111 heavy (non-hydrogen) atoms. The Morgan fingerprint density at radius 3 is 1.28 bits per heavy atom. The van der Waals surface area contributed by atoms with Crippen LogP contribution in [0.1, 0.15) is 160 Å². The number of alkyl halides is 6. The van der Waals surface area contributed by atoms with Crippen LogP contribution in [0.15, 0.2) is 182 Å². The molecule has 0 aromatic heterocycles. The molecule has 0 bridgehead atoms. The summed E-state index contributed by atoms with van der Waals surface area (Å²) in [5, 5.41) is 14.0. The molecule has 8 aromatic rings. The molecular weight excluding hydrogens is 1530 g/mol. The summed E-state index contributed by atoms with van der Waals surface area (Å²) in [7, 11) is -4.66. The van der Waals surface area contributed by atoms with Crippen LogP contribution in [-0.2, 0) is 66.3 Å². The van der Waals surface area contributed by atoms with Gasteiger partial charge in [0.1, 0.15) is 11.2 Å². The van der Waals surface area contributed by atoms with Crippen molar-refractivity contribution in [3.05, 3.63) is 248 Å². The average Bonchev–Trinajstić information content (AvgIpc) is 0.745. The molecule has 2 aliphatic rings. The second kappa shape index (κ2) is 35.4. The van der Waals surface area contributed by atoms with Crippen molar-refractivity contribution < 1.29 is 73.4 Å². The number of ether oxygens (including phenoxy) is 2. The number of carbonyl (C=O) groups excluding carboxylic acids is 6. The van der Waals surface area contributed by atoms with Gasteiger partial charge in [0.15, 0.2) is 16.6 Å². The first-order chi connectivity index (χ1) is 51.5. The number of carbonyl (C=O) groups is 6. The smallest absolute Gasteiger partial charge is 0.416 e. The minimum atomic E-state index is -4.72. The Bertz CT molecular complexity index is 4670. The molecule has 5 amide bonds. The predicted molar refractivity (Wildman–Crippen MR) is 433 cm³/mol. The highest BCUT2D eigenvalue weighted by atomic mass is 35.5. The largest absolute Gasteiger partial charge is 0.444 e. The summed E-state index contributed by atoms with van der Waals surface area (Å²) >= 11 is 17.3. The highest BCUT2D eigenvalue weighted by Gasteiger charge is 2.45. The molecule has 0 fully saturated rings. The van der Waals surface area contributed by atoms with Gasteiger partial charge in [-0.05, 0) is 221 Å². The number of fused-ring (bicyclic) bond motifs is 2. The van der Waals surface area contributed by atoms with Crippen LogP contribution in [-0.4, -0.2) is 63.0 Å². The Labute approximate surface area is 662 Å². The number of hydrogen-bond donors (Lipinski definition) is 5. The van der Waals surface area contributed by atoms with E-state index in [9.17, 15) is 55.1 Å². The molecule has 2 heterocycles. The molecule has 2 aliphatic heterocycles. The molecule has 0 saturated carbocycles. The van der Waals surface area contributed by atoms with Crippen LogP contribution in [0.5, 0.6) is 0 Å². The number of rotatable bonds is 16. The lowest BCUT2D eigenvalue weighted by Crippen LogP contribution is -2.47. The Kier molecular flexibility index (Phi) is 27.9. The van der Waals surface area contributed by atoms with Gasteiger partial charge in [-0.1, -0.05) is 162 Å². The van der Waals surface area contributed by atoms with E-state index in [4.69, 9.17) is 53.1 Å². The highest BCUT2D eigenvalue weighted by molar-refractivity contribution is 6.74. The topological polar surface area (TPSA) is 203 Å². The average molecular weight is 1630 g/mol. The van der Waals surface area contributed by atoms with E-state index in [1.807, 2.05) is 98.1 Å². The van der Waals surface area contributed by atoms with Gasteiger partial charge in [0.05, 0.1) is 69.4 Å². The van der Waals surface area contributed by atoms with Gasteiger partial charge in [0.25, 0.3) is 11.1 Å². The summed E-state index contributed by atoms with van der Waals surface area (Å²) in [6, 6.07) is 47.9. The van der Waals surface area contributed by atoms with Crippen LogP contribution in [0.25, 0.3) is 0 Å². The summed E-state index contributed by atoms with van der Waals surface area (Å²) in [5.74, 6) is -3.09. The standard InChI is InChI=1S/C42H47ClF3N3O5Si.C35H44F3N3O4Si.C7H4Cl2O/c1-40(2,3)54-39(52)48-29-20-17-26(18-21-29)36-32(23-27-13-9-12-16-35(27)49(36)38(51)31-14-10-11-15-34(31)43)37(50)47-30-22-19-28(33(24-30)42(44,45)46)25-53-55(7,8)41(4,5)6;1-33(2,3)45-32(43)40-25-16-13-22(14-17-25)30-27(19-23-11-9-10-12-29(23)41-30)31(42)39-26-18-15-24(28(20-26)35(36,37)38)21-44-46(7,8)34(4,5)6;8-6-4-2-1-3-5(6)7(9)10/h9-22,24,32,36H,23,25H2,1-8H3,(H,47,50)(H,48,52);9-18,20,27,30,41H,19,21H2,1-8H3,(H,39,42)(H,40,43);1-4H/t32-,36-;27-,30-;/m00./s1. The molecule has 5 N–H and O–H groups in total. The molecule has 4 atom stereocenters. The van der Waals surface area contributed by atoms with E-state index in [1.54, 1.807) is 157 Å². The van der Waals surface area contributed by atoms with Gasteiger partial charge < -0.3 is 34.3 Å². The van der Waals surface area contributed by atoms with Gasteiger partial charge in [-0.15, -0.1) is 0 Å². The zero-order valence-corrected chi connectivity index (χ0v) is 69.2. The third kappa shape index (κ3) is 23.5. The first-order valence-electron chi connectivity index (χ1n) is 36.0. The third-order valence-electron chi connectivity index (χ3n) is 19.6. The Hall–Kier alpha value is -9.02. The maximum absolute atomic E-state index is 14.5. The predicted octanol–water partition coefficient (Wildman–Crippen LogP) is 23.7. The van der Waals surface area contributed by atoms with Gasteiger partial charge in [-0.3, -0.25) is 34.7 Å². The van der Waals surface area contributed by atoms with Crippen molar-refractivity contribution in [3.8, 4) is 0 Å².